The van der Waals surface area contributed by atoms with Crippen LogP contribution < -0.4 is 15.5 Å². The summed E-state index contributed by atoms with van der Waals surface area (Å²) in [7, 11) is 0. The van der Waals surface area contributed by atoms with E-state index in [0.29, 0.717) is 31.7 Å². The van der Waals surface area contributed by atoms with Gasteiger partial charge in [0.05, 0.1) is 6.54 Å². The summed E-state index contributed by atoms with van der Waals surface area (Å²) < 4.78 is 13.0. The highest BCUT2D eigenvalue weighted by atomic mass is 32.1. The number of anilines is 1. The second kappa shape index (κ2) is 7.44. The lowest BCUT2D eigenvalue weighted by molar-refractivity contribution is -0.117. The Morgan fingerprint density at radius 3 is 2.75 bits per heavy atom. The van der Waals surface area contributed by atoms with E-state index < -0.39 is 0 Å². The number of nitrogens with one attached hydrogen (secondary N) is 2. The van der Waals surface area contributed by atoms with Crippen molar-refractivity contribution in [2.24, 2.45) is 5.92 Å². The molecule has 3 amide bonds. The van der Waals surface area contributed by atoms with Gasteiger partial charge in [0.25, 0.3) is 0 Å². The van der Waals surface area contributed by atoms with Crippen LogP contribution in [0.1, 0.15) is 11.3 Å². The Balaban J connectivity index is 1.45. The highest BCUT2D eigenvalue weighted by Crippen LogP contribution is 2.24. The van der Waals surface area contributed by atoms with E-state index in [1.807, 2.05) is 17.5 Å². The highest BCUT2D eigenvalue weighted by molar-refractivity contribution is 7.09. The molecular formula is C17H18FN3O2S. The van der Waals surface area contributed by atoms with Crippen LogP contribution in [0.4, 0.5) is 14.9 Å². The fourth-order valence-corrected chi connectivity index (χ4v) is 3.31. The van der Waals surface area contributed by atoms with Crippen LogP contribution in [0.25, 0.3) is 0 Å². The third-order valence-corrected chi connectivity index (χ3v) is 4.77. The van der Waals surface area contributed by atoms with Gasteiger partial charge in [-0.1, -0.05) is 6.07 Å². The number of benzene rings is 1. The van der Waals surface area contributed by atoms with Gasteiger partial charge in [-0.2, -0.15) is 0 Å². The summed E-state index contributed by atoms with van der Waals surface area (Å²) in [5.74, 6) is -0.284. The van der Waals surface area contributed by atoms with E-state index in [1.165, 1.54) is 12.1 Å². The first-order valence-electron chi connectivity index (χ1n) is 7.72. The van der Waals surface area contributed by atoms with Crippen LogP contribution in [0, 0.1) is 11.7 Å². The summed E-state index contributed by atoms with van der Waals surface area (Å²) in [6.45, 7) is 1.45. The molecule has 1 atom stereocenters. The number of carbonyl (C=O) groups is 2. The molecule has 0 radical (unpaired) electrons. The minimum Gasteiger partial charge on any atom is -0.338 e. The molecule has 24 heavy (non-hydrogen) atoms. The molecule has 2 N–H and O–H groups in total. The summed E-state index contributed by atoms with van der Waals surface area (Å²) in [5, 5.41) is 7.56. The Kier molecular flexibility index (Phi) is 5.10. The number of nitrogens with zero attached hydrogens (tertiary/aromatic N) is 1. The van der Waals surface area contributed by atoms with Crippen LogP contribution in [0.15, 0.2) is 41.8 Å². The summed E-state index contributed by atoms with van der Waals surface area (Å²) in [4.78, 5) is 26.6. The maximum absolute atomic E-state index is 13.0. The van der Waals surface area contributed by atoms with Crippen molar-refractivity contribution in [2.45, 2.75) is 13.0 Å². The van der Waals surface area contributed by atoms with Gasteiger partial charge in [0.1, 0.15) is 5.82 Å². The van der Waals surface area contributed by atoms with Crippen molar-refractivity contribution >= 4 is 29.0 Å². The molecule has 5 nitrogen and oxygen atoms in total. The molecule has 1 aromatic carbocycles. The predicted molar refractivity (Wildman–Crippen MR) is 91.4 cm³/mol. The zero-order valence-corrected chi connectivity index (χ0v) is 13.8. The van der Waals surface area contributed by atoms with Gasteiger partial charge in [0.2, 0.25) is 5.91 Å². The molecule has 0 bridgehead atoms. The fraction of sp³-hybridized carbons (Fsp3) is 0.294. The second-order valence-electron chi connectivity index (χ2n) is 5.69. The van der Waals surface area contributed by atoms with Gasteiger partial charge in [-0.05, 0) is 35.7 Å². The van der Waals surface area contributed by atoms with Gasteiger partial charge in [0, 0.05) is 36.0 Å². The average Bonchev–Trinajstić information content (AvgIpc) is 3.21. The van der Waals surface area contributed by atoms with E-state index >= 15 is 0 Å². The number of carbonyl (C=O) groups excluding carboxylic acids is 2. The molecule has 0 unspecified atom stereocenters. The summed E-state index contributed by atoms with van der Waals surface area (Å²) in [6, 6.07) is 9.53. The molecule has 2 aromatic rings. The molecule has 1 aliphatic rings. The first-order chi connectivity index (χ1) is 11.6. The van der Waals surface area contributed by atoms with Gasteiger partial charge >= 0.3 is 6.03 Å². The lowest BCUT2D eigenvalue weighted by atomic mass is 10.1. The number of thiophene rings is 1. The largest absolute Gasteiger partial charge is 0.338 e. The zero-order chi connectivity index (χ0) is 16.9. The number of halogens is 1. The van der Waals surface area contributed by atoms with Crippen LogP contribution in [-0.4, -0.2) is 25.0 Å². The summed E-state index contributed by atoms with van der Waals surface area (Å²) in [5.41, 5.74) is 0.686. The molecule has 1 aliphatic heterocycles. The van der Waals surface area contributed by atoms with Gasteiger partial charge in [-0.25, -0.2) is 9.18 Å². The Morgan fingerprint density at radius 1 is 1.25 bits per heavy atom. The van der Waals surface area contributed by atoms with Crippen molar-refractivity contribution in [3.8, 4) is 0 Å². The van der Waals surface area contributed by atoms with E-state index in [1.54, 1.807) is 28.4 Å². The van der Waals surface area contributed by atoms with E-state index in [2.05, 4.69) is 10.6 Å². The molecule has 2 heterocycles. The van der Waals surface area contributed by atoms with Crippen LogP contribution >= 0.6 is 11.3 Å². The quantitative estimate of drug-likeness (QED) is 0.874. The molecule has 7 heteroatoms. The molecular weight excluding hydrogens is 329 g/mol. The topological polar surface area (TPSA) is 61.4 Å². The molecule has 0 spiro atoms. The van der Waals surface area contributed by atoms with Crippen LogP contribution in [-0.2, 0) is 11.3 Å². The highest BCUT2D eigenvalue weighted by Gasteiger charge is 2.30. The minimum atomic E-state index is -0.328. The normalized spacial score (nSPS) is 17.1. The van der Waals surface area contributed by atoms with E-state index in [0.717, 1.165) is 4.88 Å². The molecule has 1 fully saturated rings. The molecule has 0 saturated carbocycles. The maximum Gasteiger partial charge on any atom is 0.315 e. The van der Waals surface area contributed by atoms with Gasteiger partial charge in [0.15, 0.2) is 0 Å². The monoisotopic (exact) mass is 347 g/mol. The van der Waals surface area contributed by atoms with Crippen molar-refractivity contribution in [1.82, 2.24) is 10.6 Å². The van der Waals surface area contributed by atoms with Crippen molar-refractivity contribution in [1.29, 1.82) is 0 Å². The third kappa shape index (κ3) is 4.11. The lowest BCUT2D eigenvalue weighted by Gasteiger charge is -2.17. The average molecular weight is 347 g/mol. The van der Waals surface area contributed by atoms with Crippen molar-refractivity contribution in [3.63, 3.8) is 0 Å². The van der Waals surface area contributed by atoms with Gasteiger partial charge in [-0.15, -0.1) is 11.3 Å². The zero-order valence-electron chi connectivity index (χ0n) is 13.0. The molecule has 0 aliphatic carbocycles. The fourth-order valence-electron chi connectivity index (χ4n) is 2.67. The Morgan fingerprint density at radius 2 is 2.04 bits per heavy atom. The summed E-state index contributed by atoms with van der Waals surface area (Å²) in [6.07, 6.45) is 0.378. The predicted octanol–water partition coefficient (Wildman–Crippen LogP) is 2.74. The van der Waals surface area contributed by atoms with Crippen LogP contribution in [0.2, 0.25) is 0 Å². The smallest absolute Gasteiger partial charge is 0.315 e. The lowest BCUT2D eigenvalue weighted by Crippen LogP contribution is -2.38. The molecule has 126 valence electrons. The molecule has 3 rings (SSSR count). The SMILES string of the molecule is O=C(NCc1cccs1)NC[C@@H]1CC(=O)N(c2ccc(F)cc2)C1. The van der Waals surface area contributed by atoms with E-state index in [-0.39, 0.29) is 23.7 Å². The minimum absolute atomic E-state index is 0.00704. The summed E-state index contributed by atoms with van der Waals surface area (Å²) >= 11 is 1.59. The Labute approximate surface area is 143 Å². The standard InChI is InChI=1S/C17H18FN3O2S/c18-13-3-5-14(6-4-13)21-11-12(8-16(21)22)9-19-17(23)20-10-15-2-1-7-24-15/h1-7,12H,8-11H2,(H2,19,20,23)/t12-/m0/s1. The first kappa shape index (κ1) is 16.4. The van der Waals surface area contributed by atoms with Crippen LogP contribution in [0.3, 0.4) is 0 Å². The number of amides is 3. The second-order valence-corrected chi connectivity index (χ2v) is 6.73. The van der Waals surface area contributed by atoms with Crippen molar-refractivity contribution < 1.29 is 14.0 Å². The van der Waals surface area contributed by atoms with Crippen molar-refractivity contribution in [3.05, 3.63) is 52.5 Å². The number of hydrogen-bond acceptors (Lipinski definition) is 3. The number of urea groups is 1. The van der Waals surface area contributed by atoms with Crippen molar-refractivity contribution in [2.75, 3.05) is 18.0 Å². The first-order valence-corrected chi connectivity index (χ1v) is 8.60. The molecule has 1 saturated heterocycles. The Bertz CT molecular complexity index is 703. The maximum atomic E-state index is 13.0. The number of hydrogen-bond donors (Lipinski definition) is 2. The van der Waals surface area contributed by atoms with E-state index in [9.17, 15) is 14.0 Å². The van der Waals surface area contributed by atoms with Gasteiger partial charge < -0.3 is 15.5 Å². The van der Waals surface area contributed by atoms with E-state index in [4.69, 9.17) is 0 Å². The molecule has 1 aromatic heterocycles. The number of rotatable bonds is 5. The third-order valence-electron chi connectivity index (χ3n) is 3.90. The van der Waals surface area contributed by atoms with Crippen LogP contribution in [0.5, 0.6) is 0 Å². The Hall–Kier alpha value is -2.41. The van der Waals surface area contributed by atoms with Gasteiger partial charge in [-0.3, -0.25) is 4.79 Å².